The summed E-state index contributed by atoms with van der Waals surface area (Å²) in [4.78, 5) is 16.3. The number of fused-ring (bicyclic) bond motifs is 2. The van der Waals surface area contributed by atoms with E-state index in [0.29, 0.717) is 6.54 Å². The van der Waals surface area contributed by atoms with Crippen LogP contribution in [0.25, 0.3) is 21.9 Å². The van der Waals surface area contributed by atoms with Crippen LogP contribution >= 0.6 is 0 Å². The normalized spacial score (nSPS) is 23.2. The minimum absolute atomic E-state index is 0.0408. The molecule has 1 aliphatic heterocycles. The summed E-state index contributed by atoms with van der Waals surface area (Å²) in [7, 11) is 1.69. The van der Waals surface area contributed by atoms with Gasteiger partial charge in [-0.25, -0.2) is 0 Å². The number of methoxy groups -OCH3 is 1. The maximum absolute atomic E-state index is 14.1. The third-order valence-electron chi connectivity index (χ3n) is 8.19. The number of nitrogens with zero attached hydrogens (tertiary/aromatic N) is 1. The number of hydrogen-bond donors (Lipinski definition) is 0. The first kappa shape index (κ1) is 22.6. The van der Waals surface area contributed by atoms with Gasteiger partial charge in [-0.2, -0.15) is 0 Å². The minimum atomic E-state index is -0.392. The Labute approximate surface area is 213 Å². The molecule has 0 radical (unpaired) electrons. The molecular formula is C33H31NO2. The van der Waals surface area contributed by atoms with Gasteiger partial charge in [-0.3, -0.25) is 4.79 Å². The maximum atomic E-state index is 14.1. The van der Waals surface area contributed by atoms with Gasteiger partial charge in [0.05, 0.1) is 18.6 Å². The monoisotopic (exact) mass is 473 g/mol. The number of benzene rings is 4. The lowest BCUT2D eigenvalue weighted by Gasteiger charge is -2.33. The van der Waals surface area contributed by atoms with E-state index >= 15 is 0 Å². The molecule has 0 aromatic heterocycles. The standard InChI is InChI=1S/C33H31NO2/c1-33-21-9-8-14-29(33)31(34(32(33)35)22-23-10-4-3-5-11-23)28-20-17-24-12-6-7-13-27(24)30(28)25-15-18-26(36-2)19-16-25/h3-8,10-20,29,31H,9,21-22H2,1-2H3/t29-,31-,33+/m0/s1. The topological polar surface area (TPSA) is 29.5 Å². The van der Waals surface area contributed by atoms with E-state index in [1.54, 1.807) is 7.11 Å². The molecule has 1 amide bonds. The molecule has 1 fully saturated rings. The maximum Gasteiger partial charge on any atom is 0.230 e. The van der Waals surface area contributed by atoms with Gasteiger partial charge in [0.15, 0.2) is 0 Å². The van der Waals surface area contributed by atoms with Crippen molar-refractivity contribution in [2.45, 2.75) is 32.4 Å². The van der Waals surface area contributed by atoms with Gasteiger partial charge in [-0.05, 0) is 58.0 Å². The fourth-order valence-corrected chi connectivity index (χ4v) is 6.28. The van der Waals surface area contributed by atoms with Crippen molar-refractivity contribution in [3.63, 3.8) is 0 Å². The Hall–Kier alpha value is -3.85. The Morgan fingerprint density at radius 3 is 2.44 bits per heavy atom. The average Bonchev–Trinajstić information content (AvgIpc) is 3.15. The number of amides is 1. The third-order valence-corrected chi connectivity index (χ3v) is 8.19. The average molecular weight is 474 g/mol. The second-order valence-corrected chi connectivity index (χ2v) is 10.3. The largest absolute Gasteiger partial charge is 0.497 e. The lowest BCUT2D eigenvalue weighted by Crippen LogP contribution is -2.34. The first-order chi connectivity index (χ1) is 17.6. The van der Waals surface area contributed by atoms with E-state index in [4.69, 9.17) is 4.74 Å². The van der Waals surface area contributed by atoms with Gasteiger partial charge in [0.1, 0.15) is 5.75 Å². The molecule has 1 saturated heterocycles. The lowest BCUT2D eigenvalue weighted by molar-refractivity contribution is -0.137. The summed E-state index contributed by atoms with van der Waals surface area (Å²) in [5, 5.41) is 2.41. The number of likely N-dealkylation sites (tertiary alicyclic amines) is 1. The van der Waals surface area contributed by atoms with E-state index in [2.05, 4.69) is 96.8 Å². The lowest BCUT2D eigenvalue weighted by atomic mass is 9.69. The molecule has 4 aromatic rings. The smallest absolute Gasteiger partial charge is 0.230 e. The van der Waals surface area contributed by atoms with E-state index < -0.39 is 5.41 Å². The molecule has 0 unspecified atom stereocenters. The molecular weight excluding hydrogens is 442 g/mol. The van der Waals surface area contributed by atoms with Crippen LogP contribution in [0.1, 0.15) is 36.9 Å². The minimum Gasteiger partial charge on any atom is -0.497 e. The van der Waals surface area contributed by atoms with Gasteiger partial charge >= 0.3 is 0 Å². The number of carbonyl (C=O) groups excluding carboxylic acids is 1. The summed E-state index contributed by atoms with van der Waals surface area (Å²) in [6, 6.07) is 31.7. The highest BCUT2D eigenvalue weighted by Crippen LogP contribution is 2.56. The van der Waals surface area contributed by atoms with Crippen molar-refractivity contribution in [3.8, 4) is 16.9 Å². The Morgan fingerprint density at radius 2 is 1.67 bits per heavy atom. The molecule has 3 heteroatoms. The van der Waals surface area contributed by atoms with Crippen LogP contribution in [-0.2, 0) is 11.3 Å². The van der Waals surface area contributed by atoms with Crippen LogP contribution in [-0.4, -0.2) is 17.9 Å². The highest BCUT2D eigenvalue weighted by molar-refractivity contribution is 5.99. The molecule has 0 saturated carbocycles. The van der Waals surface area contributed by atoms with E-state index in [1.807, 2.05) is 18.2 Å². The highest BCUT2D eigenvalue weighted by atomic mass is 16.5. The summed E-state index contributed by atoms with van der Waals surface area (Å²) in [6.07, 6.45) is 6.42. The summed E-state index contributed by atoms with van der Waals surface area (Å²) in [5.41, 5.74) is 4.33. The van der Waals surface area contributed by atoms with Crippen molar-refractivity contribution in [1.82, 2.24) is 4.90 Å². The van der Waals surface area contributed by atoms with Crippen LogP contribution in [0, 0.1) is 11.3 Å². The zero-order valence-corrected chi connectivity index (χ0v) is 20.9. The van der Waals surface area contributed by atoms with Crippen LogP contribution < -0.4 is 4.74 Å². The van der Waals surface area contributed by atoms with Crippen LogP contribution in [0.5, 0.6) is 5.75 Å². The quantitative estimate of drug-likeness (QED) is 0.280. The highest BCUT2D eigenvalue weighted by Gasteiger charge is 2.56. The number of allylic oxidation sites excluding steroid dienone is 1. The van der Waals surface area contributed by atoms with Crippen LogP contribution in [0.15, 0.2) is 103 Å². The Balaban J connectivity index is 1.58. The van der Waals surface area contributed by atoms with Crippen molar-refractivity contribution < 1.29 is 9.53 Å². The van der Waals surface area contributed by atoms with E-state index in [1.165, 1.54) is 21.9 Å². The zero-order chi connectivity index (χ0) is 24.7. The molecule has 180 valence electrons. The molecule has 1 heterocycles. The first-order valence-electron chi connectivity index (χ1n) is 12.8. The SMILES string of the molecule is COc1ccc(-c2c([C@H]3[C@@H]4C=CCC[C@@]4(C)C(=O)N3Cc3ccccc3)ccc3ccccc23)cc1. The summed E-state index contributed by atoms with van der Waals surface area (Å²) >= 11 is 0. The predicted octanol–water partition coefficient (Wildman–Crippen LogP) is 7.57. The second-order valence-electron chi connectivity index (χ2n) is 10.3. The van der Waals surface area contributed by atoms with Gasteiger partial charge < -0.3 is 9.64 Å². The number of hydrogen-bond acceptors (Lipinski definition) is 2. The molecule has 1 aliphatic carbocycles. The molecule has 3 nitrogen and oxygen atoms in total. The Kier molecular flexibility index (Phi) is 5.64. The van der Waals surface area contributed by atoms with E-state index in [-0.39, 0.29) is 17.9 Å². The first-order valence-corrected chi connectivity index (χ1v) is 12.8. The van der Waals surface area contributed by atoms with E-state index in [9.17, 15) is 4.79 Å². The Morgan fingerprint density at radius 1 is 0.917 bits per heavy atom. The van der Waals surface area contributed by atoms with Gasteiger partial charge in [-0.1, -0.05) is 97.9 Å². The summed E-state index contributed by atoms with van der Waals surface area (Å²) < 4.78 is 5.44. The van der Waals surface area contributed by atoms with Crippen LogP contribution in [0.2, 0.25) is 0 Å². The molecule has 0 bridgehead atoms. The number of carbonyl (C=O) groups is 1. The van der Waals surface area contributed by atoms with Crippen LogP contribution in [0.4, 0.5) is 0 Å². The van der Waals surface area contributed by atoms with Crippen molar-refractivity contribution in [1.29, 1.82) is 0 Å². The van der Waals surface area contributed by atoms with Gasteiger partial charge in [0.2, 0.25) is 5.91 Å². The van der Waals surface area contributed by atoms with Crippen LogP contribution in [0.3, 0.4) is 0 Å². The molecule has 6 rings (SSSR count). The fourth-order valence-electron chi connectivity index (χ4n) is 6.28. The fraction of sp³-hybridized carbons (Fsp3) is 0.242. The summed E-state index contributed by atoms with van der Waals surface area (Å²) in [6.45, 7) is 2.79. The van der Waals surface area contributed by atoms with Crippen molar-refractivity contribution in [2.75, 3.05) is 7.11 Å². The summed E-state index contributed by atoms with van der Waals surface area (Å²) in [5.74, 6) is 1.23. The Bertz CT molecular complexity index is 1440. The van der Waals surface area contributed by atoms with Gasteiger partial charge in [-0.15, -0.1) is 0 Å². The molecule has 0 spiro atoms. The third kappa shape index (κ3) is 3.62. The number of ether oxygens (including phenoxy) is 1. The van der Waals surface area contributed by atoms with Crippen molar-refractivity contribution in [3.05, 3.63) is 114 Å². The molecule has 3 atom stereocenters. The molecule has 36 heavy (non-hydrogen) atoms. The number of rotatable bonds is 5. The van der Waals surface area contributed by atoms with E-state index in [0.717, 1.165) is 29.7 Å². The zero-order valence-electron chi connectivity index (χ0n) is 20.9. The van der Waals surface area contributed by atoms with Gasteiger partial charge in [0.25, 0.3) is 0 Å². The predicted molar refractivity (Wildman–Crippen MR) is 146 cm³/mol. The van der Waals surface area contributed by atoms with Crippen molar-refractivity contribution >= 4 is 16.7 Å². The molecule has 2 aliphatic rings. The van der Waals surface area contributed by atoms with Gasteiger partial charge in [0, 0.05) is 12.5 Å². The molecule has 4 aromatic carbocycles. The van der Waals surface area contributed by atoms with Crippen molar-refractivity contribution in [2.24, 2.45) is 11.3 Å². The second kappa shape index (κ2) is 8.98. The molecule has 0 N–H and O–H groups in total.